The van der Waals surface area contributed by atoms with Crippen LogP contribution in [-0.2, 0) is 13.5 Å². The lowest BCUT2D eigenvalue weighted by molar-refractivity contribution is 0.0913. The topological polar surface area (TPSA) is 64.7 Å². The molecule has 2 aromatic heterocycles. The third-order valence-corrected chi connectivity index (χ3v) is 5.40. The van der Waals surface area contributed by atoms with Gasteiger partial charge in [0.05, 0.1) is 23.6 Å². The van der Waals surface area contributed by atoms with Crippen LogP contribution in [0.3, 0.4) is 0 Å². The average molecular weight is 381 g/mol. The van der Waals surface area contributed by atoms with E-state index in [9.17, 15) is 9.18 Å². The molecule has 4 rings (SSSR count). The second-order valence-corrected chi connectivity index (χ2v) is 8.30. The van der Waals surface area contributed by atoms with Crippen LogP contribution in [0.25, 0.3) is 5.69 Å². The van der Waals surface area contributed by atoms with E-state index in [2.05, 4.69) is 29.4 Å². The molecule has 28 heavy (non-hydrogen) atoms. The first-order valence-electron chi connectivity index (χ1n) is 9.38. The molecule has 7 heteroatoms. The first-order valence-corrected chi connectivity index (χ1v) is 9.38. The van der Waals surface area contributed by atoms with Gasteiger partial charge in [-0.15, -0.1) is 0 Å². The summed E-state index contributed by atoms with van der Waals surface area (Å²) in [6.45, 7) is 6.28. The minimum absolute atomic E-state index is 0.0111. The van der Waals surface area contributed by atoms with Gasteiger partial charge in [0.25, 0.3) is 5.91 Å². The fraction of sp³-hybridized carbons (Fsp3) is 0.381. The van der Waals surface area contributed by atoms with E-state index in [4.69, 9.17) is 0 Å². The van der Waals surface area contributed by atoms with Crippen molar-refractivity contribution >= 4 is 5.91 Å². The van der Waals surface area contributed by atoms with Gasteiger partial charge < -0.3 is 5.32 Å². The molecule has 6 nitrogen and oxygen atoms in total. The molecule has 0 saturated carbocycles. The number of hydrogen-bond donors (Lipinski definition) is 1. The molecular weight excluding hydrogens is 357 g/mol. The zero-order valence-electron chi connectivity index (χ0n) is 16.5. The van der Waals surface area contributed by atoms with Gasteiger partial charge in [-0.1, -0.05) is 13.8 Å². The molecular formula is C21H24FN5O. The number of halogens is 1. The van der Waals surface area contributed by atoms with Gasteiger partial charge in [0.2, 0.25) is 0 Å². The zero-order chi connectivity index (χ0) is 20.1. The van der Waals surface area contributed by atoms with E-state index in [1.165, 1.54) is 12.1 Å². The third-order valence-electron chi connectivity index (χ3n) is 5.40. The Morgan fingerprint density at radius 1 is 1.29 bits per heavy atom. The lowest BCUT2D eigenvalue weighted by Crippen LogP contribution is -2.37. The maximum absolute atomic E-state index is 13.3. The molecule has 146 valence electrons. The van der Waals surface area contributed by atoms with Crippen LogP contribution in [0.4, 0.5) is 4.39 Å². The molecule has 0 saturated heterocycles. The molecule has 1 atom stereocenters. The van der Waals surface area contributed by atoms with Crippen LogP contribution < -0.4 is 5.32 Å². The van der Waals surface area contributed by atoms with E-state index in [1.54, 1.807) is 22.9 Å². The normalized spacial score (nSPS) is 18.0. The Hall–Kier alpha value is -2.96. The largest absolute Gasteiger partial charge is 0.344 e. The Labute approximate surface area is 163 Å². The van der Waals surface area contributed by atoms with Gasteiger partial charge in [0.15, 0.2) is 0 Å². The summed E-state index contributed by atoms with van der Waals surface area (Å²) in [7, 11) is 1.82. The van der Waals surface area contributed by atoms with Crippen LogP contribution >= 0.6 is 0 Å². The SMILES string of the molecule is Cc1cc(C(=O)N[C@@H]2CC(C)(C)Cc3c2cnn3-c2ccc(F)cc2)nn1C. The van der Waals surface area contributed by atoms with Gasteiger partial charge in [0, 0.05) is 18.3 Å². The molecule has 0 bridgehead atoms. The summed E-state index contributed by atoms with van der Waals surface area (Å²) in [6.07, 6.45) is 3.45. The molecule has 1 aliphatic carbocycles. The van der Waals surface area contributed by atoms with E-state index in [0.29, 0.717) is 5.69 Å². The molecule has 0 fully saturated rings. The van der Waals surface area contributed by atoms with Crippen LogP contribution in [0.1, 0.15) is 53.7 Å². The first-order chi connectivity index (χ1) is 13.2. The predicted octanol–water partition coefficient (Wildman–Crippen LogP) is 3.50. The maximum Gasteiger partial charge on any atom is 0.272 e. The number of aryl methyl sites for hydroxylation is 2. The fourth-order valence-electron chi connectivity index (χ4n) is 3.88. The number of carbonyl (C=O) groups excluding carboxylic acids is 1. The lowest BCUT2D eigenvalue weighted by Gasteiger charge is -2.35. The molecule has 0 spiro atoms. The lowest BCUT2D eigenvalue weighted by atomic mass is 9.74. The van der Waals surface area contributed by atoms with Gasteiger partial charge in [0.1, 0.15) is 11.5 Å². The van der Waals surface area contributed by atoms with Crippen molar-refractivity contribution in [3.63, 3.8) is 0 Å². The molecule has 0 radical (unpaired) electrons. The number of nitrogens with one attached hydrogen (secondary N) is 1. The highest BCUT2D eigenvalue weighted by Crippen LogP contribution is 2.41. The highest BCUT2D eigenvalue weighted by Gasteiger charge is 2.36. The van der Waals surface area contributed by atoms with E-state index in [-0.39, 0.29) is 23.2 Å². The summed E-state index contributed by atoms with van der Waals surface area (Å²) < 4.78 is 16.8. The first kappa shape index (κ1) is 18.4. The van der Waals surface area contributed by atoms with Crippen LogP contribution in [0.15, 0.2) is 36.5 Å². The number of hydrogen-bond acceptors (Lipinski definition) is 3. The van der Waals surface area contributed by atoms with Crippen molar-refractivity contribution in [1.29, 1.82) is 0 Å². The van der Waals surface area contributed by atoms with Crippen molar-refractivity contribution in [3.05, 3.63) is 65.0 Å². The summed E-state index contributed by atoms with van der Waals surface area (Å²) in [5, 5.41) is 11.9. The number of fused-ring (bicyclic) bond motifs is 1. The Kier molecular flexibility index (Phi) is 4.33. The number of aromatic nitrogens is 4. The van der Waals surface area contributed by atoms with Crippen LogP contribution in [0, 0.1) is 18.2 Å². The van der Waals surface area contributed by atoms with E-state index < -0.39 is 0 Å². The molecule has 2 heterocycles. The molecule has 1 aliphatic rings. The number of benzene rings is 1. The van der Waals surface area contributed by atoms with Gasteiger partial charge in [-0.2, -0.15) is 10.2 Å². The highest BCUT2D eigenvalue weighted by molar-refractivity contribution is 5.92. The van der Waals surface area contributed by atoms with Crippen LogP contribution in [-0.4, -0.2) is 25.5 Å². The minimum atomic E-state index is -0.277. The average Bonchev–Trinajstić information content (AvgIpc) is 3.18. The minimum Gasteiger partial charge on any atom is -0.344 e. The Morgan fingerprint density at radius 2 is 2.00 bits per heavy atom. The Bertz CT molecular complexity index is 1010. The van der Waals surface area contributed by atoms with Gasteiger partial charge in [-0.3, -0.25) is 9.48 Å². The van der Waals surface area contributed by atoms with Gasteiger partial charge in [-0.25, -0.2) is 9.07 Å². The number of nitrogens with zero attached hydrogens (tertiary/aromatic N) is 4. The van der Waals surface area contributed by atoms with Crippen molar-refractivity contribution in [3.8, 4) is 5.69 Å². The molecule has 1 N–H and O–H groups in total. The van der Waals surface area contributed by atoms with Gasteiger partial charge in [-0.05, 0) is 55.5 Å². The monoisotopic (exact) mass is 381 g/mol. The van der Waals surface area contributed by atoms with Crippen LogP contribution in [0.5, 0.6) is 0 Å². The Morgan fingerprint density at radius 3 is 2.64 bits per heavy atom. The maximum atomic E-state index is 13.3. The fourth-order valence-corrected chi connectivity index (χ4v) is 3.88. The van der Waals surface area contributed by atoms with Crippen molar-refractivity contribution < 1.29 is 9.18 Å². The van der Waals surface area contributed by atoms with Gasteiger partial charge >= 0.3 is 0 Å². The molecule has 0 aliphatic heterocycles. The predicted molar refractivity (Wildman–Crippen MR) is 104 cm³/mol. The van der Waals surface area contributed by atoms with Crippen molar-refractivity contribution in [2.45, 2.75) is 39.7 Å². The third kappa shape index (κ3) is 3.32. The van der Waals surface area contributed by atoms with Crippen molar-refractivity contribution in [1.82, 2.24) is 24.9 Å². The summed E-state index contributed by atoms with van der Waals surface area (Å²) in [4.78, 5) is 12.8. The summed E-state index contributed by atoms with van der Waals surface area (Å²) in [5.41, 5.74) is 4.19. The van der Waals surface area contributed by atoms with E-state index >= 15 is 0 Å². The van der Waals surface area contributed by atoms with E-state index in [0.717, 1.165) is 35.5 Å². The Balaban J connectivity index is 1.67. The van der Waals surface area contributed by atoms with E-state index in [1.807, 2.05) is 24.9 Å². The van der Waals surface area contributed by atoms with Crippen LogP contribution in [0.2, 0.25) is 0 Å². The molecule has 0 unspecified atom stereocenters. The quantitative estimate of drug-likeness (QED) is 0.755. The molecule has 3 aromatic rings. The zero-order valence-corrected chi connectivity index (χ0v) is 16.5. The summed E-state index contributed by atoms with van der Waals surface area (Å²) >= 11 is 0. The second-order valence-electron chi connectivity index (χ2n) is 8.30. The summed E-state index contributed by atoms with van der Waals surface area (Å²) in [5.74, 6) is -0.465. The van der Waals surface area contributed by atoms with Crippen molar-refractivity contribution in [2.75, 3.05) is 0 Å². The summed E-state index contributed by atoms with van der Waals surface area (Å²) in [6, 6.07) is 7.93. The van der Waals surface area contributed by atoms with Crippen molar-refractivity contribution in [2.24, 2.45) is 12.5 Å². The number of amides is 1. The second kappa shape index (κ2) is 6.58. The highest BCUT2D eigenvalue weighted by atomic mass is 19.1. The smallest absolute Gasteiger partial charge is 0.272 e. The standard InChI is InChI=1S/C21H24FN5O/c1-13-9-17(25-26(13)4)20(28)24-18-10-21(2,3)11-19-16(18)12-23-27(19)15-7-5-14(22)6-8-15/h5-9,12,18H,10-11H2,1-4H3,(H,24,28)/t18-/m1/s1. The molecule has 1 amide bonds. The number of carbonyl (C=O) groups is 1. The molecule has 1 aromatic carbocycles. The number of rotatable bonds is 3.